The van der Waals surface area contributed by atoms with Crippen molar-refractivity contribution in [1.29, 1.82) is 0 Å². The van der Waals surface area contributed by atoms with Crippen molar-refractivity contribution < 1.29 is 35.9 Å². The molecule has 0 aliphatic carbocycles. The molecule has 0 aliphatic rings. The highest BCUT2D eigenvalue weighted by Crippen LogP contribution is 2.30. The van der Waals surface area contributed by atoms with Crippen LogP contribution in [0.4, 0.5) is 32.0 Å². The van der Waals surface area contributed by atoms with Gasteiger partial charge in [-0.1, -0.05) is 49.4 Å². The molecule has 0 amide bonds. The maximum atomic E-state index is 13.0. The molecule has 212 valence electrons. The molecule has 0 spiro atoms. The van der Waals surface area contributed by atoms with Gasteiger partial charge in [0.15, 0.2) is 5.78 Å². The first-order valence-electron chi connectivity index (χ1n) is 11.8. The van der Waals surface area contributed by atoms with E-state index < -0.39 is 30.8 Å². The first-order chi connectivity index (χ1) is 18.3. The van der Waals surface area contributed by atoms with Crippen LogP contribution in [0.2, 0.25) is 0 Å². The highest BCUT2D eigenvalue weighted by atomic mass is 19.4. The number of nitrogens with two attached hydrogens (primary N) is 1. The maximum Gasteiger partial charge on any atom is 0.416 e. The summed E-state index contributed by atoms with van der Waals surface area (Å²) in [5.41, 5.74) is 6.06. The minimum atomic E-state index is -4.57. The fourth-order valence-corrected chi connectivity index (χ4v) is 3.06. The summed E-state index contributed by atoms with van der Waals surface area (Å²) in [7, 11) is 0. The topological polar surface area (TPSA) is 101 Å². The van der Waals surface area contributed by atoms with Crippen molar-refractivity contribution in [3.63, 3.8) is 0 Å². The number of hydrogen-bond acceptors (Lipinski definition) is 3. The second-order valence-electron chi connectivity index (χ2n) is 8.26. The second-order valence-corrected chi connectivity index (χ2v) is 8.26. The summed E-state index contributed by atoms with van der Waals surface area (Å²) in [5.74, 6) is -0.665. The Bertz CT molecular complexity index is 1170. The molecule has 0 radical (unpaired) electrons. The number of anilines is 1. The van der Waals surface area contributed by atoms with Crippen LogP contribution in [0.15, 0.2) is 70.7 Å². The van der Waals surface area contributed by atoms with E-state index in [9.17, 15) is 31.1 Å². The van der Waals surface area contributed by atoms with E-state index in [0.717, 1.165) is 18.6 Å². The number of aliphatic imine (C=N–C) groups is 2. The van der Waals surface area contributed by atoms with Crippen molar-refractivity contribution in [1.82, 2.24) is 5.32 Å². The van der Waals surface area contributed by atoms with Crippen LogP contribution < -0.4 is 16.4 Å². The van der Waals surface area contributed by atoms with E-state index in [2.05, 4.69) is 20.6 Å². The Morgan fingerprint density at radius 1 is 1.08 bits per heavy atom. The number of ketones is 1. The molecule has 0 aromatic heterocycles. The van der Waals surface area contributed by atoms with Crippen LogP contribution in [0, 0.1) is 0 Å². The van der Waals surface area contributed by atoms with Gasteiger partial charge in [-0.3, -0.25) is 4.79 Å². The van der Waals surface area contributed by atoms with Gasteiger partial charge in [-0.2, -0.15) is 31.3 Å². The van der Waals surface area contributed by atoms with Crippen LogP contribution in [0.3, 0.4) is 0 Å². The SMILES string of the molecule is CC/C=C/CC(=O)c1ccc(CN=C(N=C(N)Nc2cccc(C(F)(F)F)c2)NC(C)OCC(F)(F)F)cc1. The Kier molecular flexibility index (Phi) is 11.5. The summed E-state index contributed by atoms with van der Waals surface area (Å²) in [6, 6.07) is 10.8. The molecule has 7 nitrogen and oxygen atoms in total. The lowest BCUT2D eigenvalue weighted by atomic mass is 10.1. The molecule has 1 unspecified atom stereocenters. The average molecular weight is 558 g/mol. The Labute approximate surface area is 221 Å². The maximum absolute atomic E-state index is 13.0. The van der Waals surface area contributed by atoms with Gasteiger partial charge in [0.25, 0.3) is 0 Å². The van der Waals surface area contributed by atoms with Gasteiger partial charge in [0, 0.05) is 17.7 Å². The van der Waals surface area contributed by atoms with Gasteiger partial charge in [-0.25, -0.2) is 4.99 Å². The summed E-state index contributed by atoms with van der Waals surface area (Å²) in [4.78, 5) is 20.4. The molecule has 0 bridgehead atoms. The summed E-state index contributed by atoms with van der Waals surface area (Å²) in [6.07, 6.45) is -5.56. The van der Waals surface area contributed by atoms with Gasteiger partial charge in [0.05, 0.1) is 12.1 Å². The molecule has 2 aromatic carbocycles. The lowest BCUT2D eigenvalue weighted by Gasteiger charge is -2.17. The van der Waals surface area contributed by atoms with Crippen LogP contribution in [0.5, 0.6) is 0 Å². The van der Waals surface area contributed by atoms with Gasteiger partial charge in [-0.05, 0) is 37.1 Å². The van der Waals surface area contributed by atoms with E-state index >= 15 is 0 Å². The van der Waals surface area contributed by atoms with Crippen LogP contribution in [0.1, 0.15) is 48.2 Å². The molecule has 4 N–H and O–H groups in total. The van der Waals surface area contributed by atoms with Gasteiger partial charge < -0.3 is 21.1 Å². The number of ether oxygens (including phenoxy) is 1. The van der Waals surface area contributed by atoms with E-state index in [4.69, 9.17) is 10.5 Å². The highest BCUT2D eigenvalue weighted by molar-refractivity contribution is 6.01. The minimum Gasteiger partial charge on any atom is -0.369 e. The van der Waals surface area contributed by atoms with Gasteiger partial charge in [0.2, 0.25) is 11.9 Å². The predicted molar refractivity (Wildman–Crippen MR) is 137 cm³/mol. The van der Waals surface area contributed by atoms with Crippen molar-refractivity contribution in [2.24, 2.45) is 15.7 Å². The molecule has 2 rings (SSSR count). The number of carbonyl (C=O) groups excluding carboxylic acids is 1. The molecule has 0 saturated heterocycles. The normalized spacial score (nSPS) is 13.9. The Balaban J connectivity index is 2.20. The molecule has 0 heterocycles. The third kappa shape index (κ3) is 12.0. The zero-order chi connectivity index (χ0) is 29.1. The molecule has 0 aliphatic heterocycles. The highest BCUT2D eigenvalue weighted by Gasteiger charge is 2.30. The quantitative estimate of drug-likeness (QED) is 0.0826. The van der Waals surface area contributed by atoms with Crippen molar-refractivity contribution in [3.05, 3.63) is 77.4 Å². The summed E-state index contributed by atoms with van der Waals surface area (Å²) in [5, 5.41) is 5.05. The number of rotatable bonds is 10. The van der Waals surface area contributed by atoms with Gasteiger partial charge >= 0.3 is 12.4 Å². The number of nitrogens with one attached hydrogen (secondary N) is 2. The summed E-state index contributed by atoms with van der Waals surface area (Å²) in [6.45, 7) is 1.72. The number of halogens is 6. The van der Waals surface area contributed by atoms with Crippen molar-refractivity contribution in [2.45, 2.75) is 51.8 Å². The molecular formula is C26H29F6N5O2. The molecule has 2 aromatic rings. The third-order valence-corrected chi connectivity index (χ3v) is 4.91. The third-order valence-electron chi connectivity index (χ3n) is 4.91. The monoisotopic (exact) mass is 557 g/mol. The molecular weight excluding hydrogens is 528 g/mol. The smallest absolute Gasteiger partial charge is 0.369 e. The number of nitrogens with zero attached hydrogens (tertiary/aromatic N) is 2. The number of benzene rings is 2. The van der Waals surface area contributed by atoms with Crippen molar-refractivity contribution in [3.8, 4) is 0 Å². The lowest BCUT2D eigenvalue weighted by molar-refractivity contribution is -0.184. The van der Waals surface area contributed by atoms with Crippen LogP contribution in [0.25, 0.3) is 0 Å². The fourth-order valence-electron chi connectivity index (χ4n) is 3.06. The Hall–Kier alpha value is -3.87. The average Bonchev–Trinajstić information content (AvgIpc) is 2.85. The molecule has 1 atom stereocenters. The number of carbonyl (C=O) groups is 1. The van der Waals surface area contributed by atoms with E-state index in [1.165, 1.54) is 19.1 Å². The first-order valence-corrected chi connectivity index (χ1v) is 11.8. The first kappa shape index (κ1) is 31.3. The molecule has 13 heteroatoms. The largest absolute Gasteiger partial charge is 0.416 e. The number of allylic oxidation sites excluding steroid dienone is 2. The minimum absolute atomic E-state index is 0.00112. The number of Topliss-reactive ketones (excluding diaryl/α,β-unsaturated/α-hetero) is 1. The van der Waals surface area contributed by atoms with Crippen molar-refractivity contribution >= 4 is 23.4 Å². The standard InChI is InChI=1S/C26H29F6N5O2/c1-3-4-5-9-22(38)19-12-10-18(11-13-19)15-34-24(35-17(2)39-16-25(27,28)29)37-23(33)36-21-8-6-7-20(14-21)26(30,31)32/h4-8,10-14,17H,3,9,15-16H2,1-2H3,(H4,33,34,35,36,37)/b5-4+. The van der Waals surface area contributed by atoms with E-state index in [-0.39, 0.29) is 36.4 Å². The van der Waals surface area contributed by atoms with Crippen LogP contribution in [-0.2, 0) is 17.5 Å². The lowest BCUT2D eigenvalue weighted by Crippen LogP contribution is -2.38. The zero-order valence-corrected chi connectivity index (χ0v) is 21.2. The van der Waals surface area contributed by atoms with E-state index in [0.29, 0.717) is 11.1 Å². The van der Waals surface area contributed by atoms with Crippen molar-refractivity contribution in [2.75, 3.05) is 11.9 Å². The fraction of sp³-hybridized carbons (Fsp3) is 0.346. The van der Waals surface area contributed by atoms with Gasteiger partial charge in [-0.15, -0.1) is 0 Å². The number of alkyl halides is 6. The van der Waals surface area contributed by atoms with Gasteiger partial charge in [0.1, 0.15) is 12.8 Å². The Morgan fingerprint density at radius 3 is 2.38 bits per heavy atom. The molecule has 0 fully saturated rings. The van der Waals surface area contributed by atoms with E-state index in [1.807, 2.05) is 13.0 Å². The Morgan fingerprint density at radius 2 is 1.77 bits per heavy atom. The van der Waals surface area contributed by atoms with Crippen LogP contribution in [-0.4, -0.2) is 36.7 Å². The number of guanidine groups is 2. The zero-order valence-electron chi connectivity index (χ0n) is 21.2. The van der Waals surface area contributed by atoms with E-state index in [1.54, 1.807) is 30.3 Å². The second kappa shape index (κ2) is 14.3. The molecule has 39 heavy (non-hydrogen) atoms. The molecule has 0 saturated carbocycles. The summed E-state index contributed by atoms with van der Waals surface area (Å²) >= 11 is 0. The predicted octanol–water partition coefficient (Wildman–Crippen LogP) is 6.04. The van der Waals surface area contributed by atoms with Crippen LogP contribution >= 0.6 is 0 Å². The summed E-state index contributed by atoms with van der Waals surface area (Å²) < 4.78 is 81.2. The number of hydrogen-bond donors (Lipinski definition) is 3.